The van der Waals surface area contributed by atoms with E-state index >= 15 is 0 Å². The number of hydrogen-bond donors (Lipinski definition) is 2. The zero-order chi connectivity index (χ0) is 16.0. The van der Waals surface area contributed by atoms with Crippen molar-refractivity contribution in [3.05, 3.63) is 35.4 Å². The van der Waals surface area contributed by atoms with Gasteiger partial charge in [0.2, 0.25) is 5.91 Å². The molecule has 1 unspecified atom stereocenters. The first-order chi connectivity index (χ1) is 9.85. The van der Waals surface area contributed by atoms with Crippen LogP contribution in [-0.2, 0) is 11.3 Å². The molecule has 5 nitrogen and oxygen atoms in total. The van der Waals surface area contributed by atoms with E-state index in [0.29, 0.717) is 24.4 Å². The molecular formula is C16H25N3O2. The third-order valence-electron chi connectivity index (χ3n) is 3.28. The summed E-state index contributed by atoms with van der Waals surface area (Å²) in [5, 5.41) is 2.57. The highest BCUT2D eigenvalue weighted by Gasteiger charge is 2.19. The SMILES string of the molecule is CNC(=O)c1ccc(CN(C)C(=O)C(N)CC(C)C)cc1. The van der Waals surface area contributed by atoms with E-state index < -0.39 is 6.04 Å². The van der Waals surface area contributed by atoms with Crippen LogP contribution in [0.2, 0.25) is 0 Å². The quantitative estimate of drug-likeness (QED) is 0.831. The number of likely N-dealkylation sites (N-methyl/N-ethyl adjacent to an activating group) is 1. The maximum atomic E-state index is 12.1. The van der Waals surface area contributed by atoms with Gasteiger partial charge in [0.15, 0.2) is 0 Å². The van der Waals surface area contributed by atoms with Crippen molar-refractivity contribution in [2.75, 3.05) is 14.1 Å². The lowest BCUT2D eigenvalue weighted by molar-refractivity contribution is -0.132. The van der Waals surface area contributed by atoms with Crippen LogP contribution in [0.3, 0.4) is 0 Å². The lowest BCUT2D eigenvalue weighted by Gasteiger charge is -2.22. The van der Waals surface area contributed by atoms with Crippen molar-refractivity contribution in [1.82, 2.24) is 10.2 Å². The van der Waals surface area contributed by atoms with Gasteiger partial charge in [0.05, 0.1) is 6.04 Å². The van der Waals surface area contributed by atoms with Gasteiger partial charge in [0.25, 0.3) is 5.91 Å². The van der Waals surface area contributed by atoms with Crippen LogP contribution in [0.4, 0.5) is 0 Å². The van der Waals surface area contributed by atoms with Crippen LogP contribution >= 0.6 is 0 Å². The second kappa shape index (κ2) is 7.78. The average Bonchev–Trinajstić information content (AvgIpc) is 2.45. The summed E-state index contributed by atoms with van der Waals surface area (Å²) >= 11 is 0. The van der Waals surface area contributed by atoms with E-state index in [4.69, 9.17) is 5.73 Å². The van der Waals surface area contributed by atoms with Gasteiger partial charge in [-0.1, -0.05) is 26.0 Å². The van der Waals surface area contributed by atoms with Crippen LogP contribution in [0.5, 0.6) is 0 Å². The fourth-order valence-electron chi connectivity index (χ4n) is 2.15. The molecule has 0 saturated heterocycles. The molecule has 0 bridgehead atoms. The lowest BCUT2D eigenvalue weighted by Crippen LogP contribution is -2.42. The molecular weight excluding hydrogens is 266 g/mol. The summed E-state index contributed by atoms with van der Waals surface area (Å²) in [5.41, 5.74) is 7.48. The van der Waals surface area contributed by atoms with Gasteiger partial charge in [0.1, 0.15) is 0 Å². The Kier molecular flexibility index (Phi) is 6.37. The molecule has 0 fully saturated rings. The Balaban J connectivity index is 2.64. The smallest absolute Gasteiger partial charge is 0.251 e. The molecule has 5 heteroatoms. The molecule has 21 heavy (non-hydrogen) atoms. The first kappa shape index (κ1) is 17.2. The van der Waals surface area contributed by atoms with Crippen molar-refractivity contribution in [2.24, 2.45) is 11.7 Å². The third-order valence-corrected chi connectivity index (χ3v) is 3.28. The predicted octanol–water partition coefficient (Wildman–Crippen LogP) is 1.38. The minimum atomic E-state index is -0.458. The van der Waals surface area contributed by atoms with Gasteiger partial charge in [0, 0.05) is 26.2 Å². The number of nitrogens with zero attached hydrogens (tertiary/aromatic N) is 1. The Morgan fingerprint density at radius 3 is 2.29 bits per heavy atom. The molecule has 0 aliphatic rings. The zero-order valence-corrected chi connectivity index (χ0v) is 13.2. The number of amides is 2. The molecule has 1 atom stereocenters. The van der Waals surface area contributed by atoms with Crippen LogP contribution < -0.4 is 11.1 Å². The van der Waals surface area contributed by atoms with Crippen molar-refractivity contribution in [3.8, 4) is 0 Å². The van der Waals surface area contributed by atoms with Crippen molar-refractivity contribution in [3.63, 3.8) is 0 Å². The Labute approximate surface area is 126 Å². The monoisotopic (exact) mass is 291 g/mol. The number of benzene rings is 1. The minimum absolute atomic E-state index is 0.0564. The number of nitrogens with one attached hydrogen (secondary N) is 1. The lowest BCUT2D eigenvalue weighted by atomic mass is 10.0. The maximum absolute atomic E-state index is 12.1. The summed E-state index contributed by atoms with van der Waals surface area (Å²) in [7, 11) is 3.34. The fraction of sp³-hybridized carbons (Fsp3) is 0.500. The summed E-state index contributed by atoms with van der Waals surface area (Å²) in [4.78, 5) is 25.2. The van der Waals surface area contributed by atoms with Crippen molar-refractivity contribution in [2.45, 2.75) is 32.9 Å². The molecule has 0 aliphatic heterocycles. The van der Waals surface area contributed by atoms with Crippen molar-refractivity contribution in [1.29, 1.82) is 0 Å². The van der Waals surface area contributed by atoms with Gasteiger partial charge < -0.3 is 16.0 Å². The Hall–Kier alpha value is -1.88. The average molecular weight is 291 g/mol. The number of carbonyl (C=O) groups is 2. The molecule has 2 amide bonds. The molecule has 3 N–H and O–H groups in total. The molecule has 1 aromatic carbocycles. The summed E-state index contributed by atoms with van der Waals surface area (Å²) < 4.78 is 0. The second-order valence-electron chi connectivity index (χ2n) is 5.71. The number of nitrogens with two attached hydrogens (primary N) is 1. The molecule has 0 radical (unpaired) electrons. The molecule has 1 aromatic rings. The molecule has 116 valence electrons. The summed E-state index contributed by atoms with van der Waals surface area (Å²) in [6.07, 6.45) is 0.679. The summed E-state index contributed by atoms with van der Waals surface area (Å²) in [6, 6.07) is 6.74. The minimum Gasteiger partial charge on any atom is -0.355 e. The van der Waals surface area contributed by atoms with Crippen molar-refractivity contribution >= 4 is 11.8 Å². The van der Waals surface area contributed by atoms with Crippen LogP contribution in [0.1, 0.15) is 36.2 Å². The highest BCUT2D eigenvalue weighted by Crippen LogP contribution is 2.10. The highest BCUT2D eigenvalue weighted by atomic mass is 16.2. The van der Waals surface area contributed by atoms with Gasteiger partial charge in [-0.25, -0.2) is 0 Å². The first-order valence-corrected chi connectivity index (χ1v) is 7.16. The Bertz CT molecular complexity index is 483. The van der Waals surface area contributed by atoms with Gasteiger partial charge in [-0.05, 0) is 30.0 Å². The summed E-state index contributed by atoms with van der Waals surface area (Å²) in [5.74, 6) is 0.216. The molecule has 1 rings (SSSR count). The standard InChI is InChI=1S/C16H25N3O2/c1-11(2)9-14(17)16(21)19(4)10-12-5-7-13(8-6-12)15(20)18-3/h5-8,11,14H,9-10,17H2,1-4H3,(H,18,20). The van der Waals surface area contributed by atoms with E-state index in [0.717, 1.165) is 5.56 Å². The number of hydrogen-bond acceptors (Lipinski definition) is 3. The van der Waals surface area contributed by atoms with E-state index in [1.165, 1.54) is 0 Å². The van der Waals surface area contributed by atoms with E-state index in [1.807, 2.05) is 26.0 Å². The van der Waals surface area contributed by atoms with Crippen LogP contribution in [-0.4, -0.2) is 36.9 Å². The third kappa shape index (κ3) is 5.19. The second-order valence-corrected chi connectivity index (χ2v) is 5.71. The number of carbonyl (C=O) groups excluding carboxylic acids is 2. The van der Waals surface area contributed by atoms with E-state index in [2.05, 4.69) is 5.32 Å². The zero-order valence-electron chi connectivity index (χ0n) is 13.2. The van der Waals surface area contributed by atoms with E-state index in [9.17, 15) is 9.59 Å². The van der Waals surface area contributed by atoms with E-state index in [1.54, 1.807) is 31.1 Å². The molecule has 0 aromatic heterocycles. The molecule has 0 spiro atoms. The van der Waals surface area contributed by atoms with Crippen LogP contribution in [0, 0.1) is 5.92 Å². The van der Waals surface area contributed by atoms with Crippen LogP contribution in [0.25, 0.3) is 0 Å². The largest absolute Gasteiger partial charge is 0.355 e. The molecule has 0 heterocycles. The van der Waals surface area contributed by atoms with E-state index in [-0.39, 0.29) is 11.8 Å². The van der Waals surface area contributed by atoms with Crippen LogP contribution in [0.15, 0.2) is 24.3 Å². The van der Waals surface area contributed by atoms with Gasteiger partial charge in [-0.3, -0.25) is 9.59 Å². The normalized spacial score (nSPS) is 12.1. The maximum Gasteiger partial charge on any atom is 0.251 e. The molecule has 0 saturated carbocycles. The highest BCUT2D eigenvalue weighted by molar-refractivity contribution is 5.93. The Morgan fingerprint density at radius 2 is 1.81 bits per heavy atom. The molecule has 0 aliphatic carbocycles. The predicted molar refractivity (Wildman–Crippen MR) is 83.7 cm³/mol. The fourth-order valence-corrected chi connectivity index (χ4v) is 2.15. The van der Waals surface area contributed by atoms with Gasteiger partial charge in [-0.15, -0.1) is 0 Å². The van der Waals surface area contributed by atoms with Gasteiger partial charge in [-0.2, -0.15) is 0 Å². The number of rotatable bonds is 6. The Morgan fingerprint density at radius 1 is 1.24 bits per heavy atom. The summed E-state index contributed by atoms with van der Waals surface area (Å²) in [6.45, 7) is 4.58. The van der Waals surface area contributed by atoms with Crippen molar-refractivity contribution < 1.29 is 9.59 Å². The first-order valence-electron chi connectivity index (χ1n) is 7.16. The topological polar surface area (TPSA) is 75.4 Å². The van der Waals surface area contributed by atoms with Gasteiger partial charge >= 0.3 is 0 Å².